The molecule has 1 aromatic carbocycles. The van der Waals surface area contributed by atoms with Gasteiger partial charge in [0.15, 0.2) is 0 Å². The minimum absolute atomic E-state index is 0.166. The Morgan fingerprint density at radius 1 is 1.25 bits per heavy atom. The summed E-state index contributed by atoms with van der Waals surface area (Å²) in [6.07, 6.45) is 0.543. The van der Waals surface area contributed by atoms with E-state index < -0.39 is 0 Å². The van der Waals surface area contributed by atoms with Crippen LogP contribution in [-0.4, -0.2) is 13.2 Å². The van der Waals surface area contributed by atoms with Crippen LogP contribution in [0.1, 0.15) is 44.9 Å². The van der Waals surface area contributed by atoms with Gasteiger partial charge in [-0.05, 0) is 30.0 Å². The smallest absolute Gasteiger partial charge is 0.124 e. The quantitative estimate of drug-likeness (QED) is 0.712. The van der Waals surface area contributed by atoms with Gasteiger partial charge in [-0.15, -0.1) is 0 Å². The molecule has 88 valence electrons. The minimum atomic E-state index is 0.166. The van der Waals surface area contributed by atoms with Crippen LogP contribution in [0.3, 0.4) is 0 Å². The molecule has 2 heteroatoms. The van der Waals surface area contributed by atoms with E-state index in [9.17, 15) is 0 Å². The largest absolute Gasteiger partial charge is 0.496 e. The molecule has 0 aromatic heterocycles. The molecule has 2 unspecified atom stereocenters. The maximum absolute atomic E-state index is 5.53. The Hall–Kier alpha value is -1.02. The molecule has 0 amide bonds. The van der Waals surface area contributed by atoms with Crippen molar-refractivity contribution in [2.45, 2.75) is 45.3 Å². The van der Waals surface area contributed by atoms with E-state index in [0.717, 1.165) is 5.75 Å². The monoisotopic (exact) mass is 220 g/mol. The lowest BCUT2D eigenvalue weighted by Crippen LogP contribution is -2.11. The zero-order chi connectivity index (χ0) is 11.9. The molecular formula is C14H20O2. The van der Waals surface area contributed by atoms with Crippen LogP contribution in [0.2, 0.25) is 0 Å². The predicted molar refractivity (Wildman–Crippen MR) is 65.0 cm³/mol. The highest BCUT2D eigenvalue weighted by Crippen LogP contribution is 2.43. The predicted octanol–water partition coefficient (Wildman–Crippen LogP) is 3.45. The molecule has 2 atom stereocenters. The number of rotatable bonds is 2. The summed E-state index contributed by atoms with van der Waals surface area (Å²) in [4.78, 5) is 0. The van der Waals surface area contributed by atoms with E-state index in [1.165, 1.54) is 11.1 Å². The van der Waals surface area contributed by atoms with Crippen LogP contribution >= 0.6 is 0 Å². The zero-order valence-electron chi connectivity index (χ0n) is 10.7. The Morgan fingerprint density at radius 3 is 2.31 bits per heavy atom. The zero-order valence-corrected chi connectivity index (χ0v) is 10.7. The average Bonchev–Trinajstić information content (AvgIpc) is 2.93. The van der Waals surface area contributed by atoms with Crippen LogP contribution in [0.5, 0.6) is 5.75 Å². The third-order valence-electron chi connectivity index (χ3n) is 3.11. The Labute approximate surface area is 97.6 Å². The first-order chi connectivity index (χ1) is 7.43. The lowest BCUT2D eigenvalue weighted by Gasteiger charge is -2.20. The second kappa shape index (κ2) is 3.77. The molecule has 1 fully saturated rings. The van der Waals surface area contributed by atoms with E-state index in [4.69, 9.17) is 9.47 Å². The summed E-state index contributed by atoms with van der Waals surface area (Å²) >= 11 is 0. The van der Waals surface area contributed by atoms with E-state index in [-0.39, 0.29) is 11.5 Å². The van der Waals surface area contributed by atoms with Gasteiger partial charge in [0.2, 0.25) is 0 Å². The van der Waals surface area contributed by atoms with Crippen molar-refractivity contribution in [1.29, 1.82) is 0 Å². The Kier molecular flexibility index (Phi) is 2.70. The summed E-state index contributed by atoms with van der Waals surface area (Å²) in [6, 6.07) is 6.40. The van der Waals surface area contributed by atoms with Gasteiger partial charge in [-0.25, -0.2) is 0 Å². The first kappa shape index (κ1) is 11.5. The lowest BCUT2D eigenvalue weighted by molar-refractivity contribution is 0.367. The summed E-state index contributed by atoms with van der Waals surface area (Å²) in [5.41, 5.74) is 2.67. The fraction of sp³-hybridized carbons (Fsp3) is 0.571. The van der Waals surface area contributed by atoms with Crippen LogP contribution in [0.4, 0.5) is 0 Å². The van der Waals surface area contributed by atoms with Gasteiger partial charge in [0.25, 0.3) is 0 Å². The molecule has 0 bridgehead atoms. The number of benzene rings is 1. The molecule has 16 heavy (non-hydrogen) atoms. The maximum Gasteiger partial charge on any atom is 0.124 e. The second-order valence-electron chi connectivity index (χ2n) is 5.47. The highest BCUT2D eigenvalue weighted by atomic mass is 16.6. The van der Waals surface area contributed by atoms with Crippen molar-refractivity contribution in [2.75, 3.05) is 7.11 Å². The van der Waals surface area contributed by atoms with E-state index in [0.29, 0.717) is 6.10 Å². The Balaban J connectivity index is 2.39. The first-order valence-corrected chi connectivity index (χ1v) is 5.77. The van der Waals surface area contributed by atoms with E-state index in [2.05, 4.69) is 39.8 Å². The third kappa shape index (κ3) is 2.07. The summed E-state index contributed by atoms with van der Waals surface area (Å²) in [5.74, 6) is 0.933. The molecule has 1 aromatic rings. The molecule has 1 saturated heterocycles. The van der Waals surface area contributed by atoms with Gasteiger partial charge in [0.05, 0.1) is 13.2 Å². The Bertz CT molecular complexity index is 390. The van der Waals surface area contributed by atoms with Crippen LogP contribution in [-0.2, 0) is 10.2 Å². The summed E-state index contributed by atoms with van der Waals surface area (Å²) < 4.78 is 10.9. The lowest BCUT2D eigenvalue weighted by atomic mass is 9.85. The molecule has 0 N–H and O–H groups in total. The van der Waals surface area contributed by atoms with Gasteiger partial charge in [-0.1, -0.05) is 26.8 Å². The van der Waals surface area contributed by atoms with Crippen molar-refractivity contribution < 1.29 is 9.47 Å². The number of ether oxygens (including phenoxy) is 2. The van der Waals surface area contributed by atoms with Crippen molar-refractivity contribution in [1.82, 2.24) is 0 Å². The normalized spacial score (nSPS) is 24.3. The SMILES string of the molecule is COc1ccc(C(C)(C)C)cc1C1OC1C. The van der Waals surface area contributed by atoms with Gasteiger partial charge in [0.1, 0.15) is 11.9 Å². The summed E-state index contributed by atoms with van der Waals surface area (Å²) in [6.45, 7) is 8.75. The molecule has 1 heterocycles. The molecule has 2 rings (SSSR count). The molecule has 0 radical (unpaired) electrons. The van der Waals surface area contributed by atoms with Crippen LogP contribution in [0, 0.1) is 0 Å². The van der Waals surface area contributed by atoms with Crippen molar-refractivity contribution in [2.24, 2.45) is 0 Å². The fourth-order valence-corrected chi connectivity index (χ4v) is 1.94. The topological polar surface area (TPSA) is 21.8 Å². The second-order valence-corrected chi connectivity index (χ2v) is 5.47. The maximum atomic E-state index is 5.53. The van der Waals surface area contributed by atoms with Gasteiger partial charge in [0, 0.05) is 5.56 Å². The van der Waals surface area contributed by atoms with Gasteiger partial charge < -0.3 is 9.47 Å². The molecule has 0 spiro atoms. The number of hydrogen-bond donors (Lipinski definition) is 0. The molecular weight excluding hydrogens is 200 g/mol. The van der Waals surface area contributed by atoms with Crippen molar-refractivity contribution in [3.8, 4) is 5.75 Å². The summed E-state index contributed by atoms with van der Waals surface area (Å²) in [5, 5.41) is 0. The van der Waals surface area contributed by atoms with E-state index >= 15 is 0 Å². The van der Waals surface area contributed by atoms with E-state index in [1.807, 2.05) is 6.07 Å². The molecule has 2 nitrogen and oxygen atoms in total. The van der Waals surface area contributed by atoms with Gasteiger partial charge in [-0.2, -0.15) is 0 Å². The van der Waals surface area contributed by atoms with Crippen LogP contribution in [0.25, 0.3) is 0 Å². The number of methoxy groups -OCH3 is 1. The molecule has 1 aliphatic rings. The highest BCUT2D eigenvalue weighted by Gasteiger charge is 2.38. The Morgan fingerprint density at radius 2 is 1.88 bits per heavy atom. The fourth-order valence-electron chi connectivity index (χ4n) is 1.94. The van der Waals surface area contributed by atoms with Crippen molar-refractivity contribution in [3.05, 3.63) is 29.3 Å². The third-order valence-corrected chi connectivity index (χ3v) is 3.11. The van der Waals surface area contributed by atoms with Crippen LogP contribution < -0.4 is 4.74 Å². The highest BCUT2D eigenvalue weighted by molar-refractivity contribution is 5.42. The van der Waals surface area contributed by atoms with Crippen molar-refractivity contribution >= 4 is 0 Å². The van der Waals surface area contributed by atoms with E-state index in [1.54, 1.807) is 7.11 Å². The molecule has 0 saturated carbocycles. The molecule has 0 aliphatic carbocycles. The van der Waals surface area contributed by atoms with Gasteiger partial charge in [-0.3, -0.25) is 0 Å². The minimum Gasteiger partial charge on any atom is -0.496 e. The first-order valence-electron chi connectivity index (χ1n) is 5.77. The summed E-state index contributed by atoms with van der Waals surface area (Å²) in [7, 11) is 1.71. The van der Waals surface area contributed by atoms with Crippen LogP contribution in [0.15, 0.2) is 18.2 Å². The average molecular weight is 220 g/mol. The number of hydrogen-bond acceptors (Lipinski definition) is 2. The van der Waals surface area contributed by atoms with Crippen molar-refractivity contribution in [3.63, 3.8) is 0 Å². The molecule has 1 aliphatic heterocycles. The standard InChI is InChI=1S/C14H20O2/c1-9-13(16-9)11-8-10(14(2,3)4)6-7-12(11)15-5/h6-9,13H,1-5H3. The van der Waals surface area contributed by atoms with Gasteiger partial charge >= 0.3 is 0 Å². The number of epoxide rings is 1.